The minimum absolute atomic E-state index is 0.236. The van der Waals surface area contributed by atoms with E-state index in [1.807, 2.05) is 30.3 Å². The molecule has 3 aromatic rings. The van der Waals surface area contributed by atoms with Gasteiger partial charge >= 0.3 is 5.97 Å². The van der Waals surface area contributed by atoms with Crippen LogP contribution >= 0.6 is 0 Å². The number of aliphatic carboxylic acids is 1. The summed E-state index contributed by atoms with van der Waals surface area (Å²) < 4.78 is 27.7. The van der Waals surface area contributed by atoms with Gasteiger partial charge in [0.2, 0.25) is 0 Å². The highest BCUT2D eigenvalue weighted by Crippen LogP contribution is 2.38. The fourth-order valence-electron chi connectivity index (χ4n) is 5.06. The van der Waals surface area contributed by atoms with Crippen LogP contribution in [-0.2, 0) is 22.5 Å². The molecule has 7 heteroatoms. The molecule has 0 bridgehead atoms. The van der Waals surface area contributed by atoms with Crippen LogP contribution in [0.1, 0.15) is 38.3 Å². The molecule has 0 radical (unpaired) electrons. The monoisotopic (exact) mass is 480 g/mol. The Bertz CT molecular complexity index is 1140. The zero-order valence-corrected chi connectivity index (χ0v) is 20.4. The highest BCUT2D eigenvalue weighted by molar-refractivity contribution is 5.83. The predicted octanol–water partition coefficient (Wildman–Crippen LogP) is 5.83. The normalized spacial score (nSPS) is 17.9. The number of aromatic nitrogens is 2. The van der Waals surface area contributed by atoms with Crippen LogP contribution in [-0.4, -0.2) is 41.2 Å². The van der Waals surface area contributed by atoms with Crippen molar-refractivity contribution in [2.45, 2.75) is 45.6 Å². The molecule has 186 valence electrons. The van der Waals surface area contributed by atoms with Gasteiger partial charge in [-0.2, -0.15) is 5.10 Å². The SMILES string of the molecule is CCc1c(-c2ccccc2)c(-c2ccc(OC)cc2F)nn1C[C@H]1CC[C@H](COCC(=O)O)CC1. The van der Waals surface area contributed by atoms with Gasteiger partial charge in [-0.1, -0.05) is 37.3 Å². The Hall–Kier alpha value is -3.19. The first-order chi connectivity index (χ1) is 17.0. The third-order valence-corrected chi connectivity index (χ3v) is 6.86. The summed E-state index contributed by atoms with van der Waals surface area (Å²) in [7, 11) is 1.53. The molecule has 1 heterocycles. The summed E-state index contributed by atoms with van der Waals surface area (Å²) in [4.78, 5) is 10.7. The maximum absolute atomic E-state index is 15.1. The Morgan fingerprint density at radius 3 is 2.46 bits per heavy atom. The van der Waals surface area contributed by atoms with Crippen LogP contribution in [0.15, 0.2) is 48.5 Å². The number of halogens is 1. The van der Waals surface area contributed by atoms with Crippen LogP contribution in [0.25, 0.3) is 22.4 Å². The van der Waals surface area contributed by atoms with Gasteiger partial charge in [-0.3, -0.25) is 4.68 Å². The zero-order chi connectivity index (χ0) is 24.8. The van der Waals surface area contributed by atoms with Gasteiger partial charge in [0, 0.05) is 29.4 Å². The van der Waals surface area contributed by atoms with E-state index in [9.17, 15) is 4.79 Å². The molecule has 1 fully saturated rings. The number of ether oxygens (including phenoxy) is 2. The number of carbonyl (C=O) groups is 1. The Kier molecular flexibility index (Phi) is 8.18. The number of nitrogens with zero attached hydrogens (tertiary/aromatic N) is 2. The number of methoxy groups -OCH3 is 1. The Morgan fingerprint density at radius 1 is 1.11 bits per heavy atom. The first-order valence-electron chi connectivity index (χ1n) is 12.3. The van der Waals surface area contributed by atoms with Gasteiger partial charge in [0.15, 0.2) is 0 Å². The van der Waals surface area contributed by atoms with E-state index in [1.54, 1.807) is 12.1 Å². The standard InChI is InChI=1S/C28H33FN2O4/c1-3-25-27(21-7-5-4-6-8-21)28(23-14-13-22(34-2)15-24(23)29)30-31(25)16-19-9-11-20(12-10-19)17-35-18-26(32)33/h4-8,13-15,19-20H,3,9-12,16-18H2,1-2H3,(H,32,33)/t19-,20-. The van der Waals surface area contributed by atoms with Crippen LogP contribution in [0, 0.1) is 17.7 Å². The molecule has 0 saturated heterocycles. The quantitative estimate of drug-likeness (QED) is 0.395. The van der Waals surface area contributed by atoms with Crippen molar-refractivity contribution in [1.82, 2.24) is 9.78 Å². The molecule has 4 rings (SSSR count). The molecule has 0 amide bonds. The van der Waals surface area contributed by atoms with E-state index in [2.05, 4.69) is 11.6 Å². The summed E-state index contributed by atoms with van der Waals surface area (Å²) in [6.07, 6.45) is 4.89. The highest BCUT2D eigenvalue weighted by Gasteiger charge is 2.26. The van der Waals surface area contributed by atoms with Gasteiger partial charge in [0.1, 0.15) is 23.9 Å². The van der Waals surface area contributed by atoms with Crippen LogP contribution in [0.3, 0.4) is 0 Å². The second-order valence-corrected chi connectivity index (χ2v) is 9.21. The van der Waals surface area contributed by atoms with Crippen molar-refractivity contribution >= 4 is 5.97 Å². The molecule has 1 saturated carbocycles. The van der Waals surface area contributed by atoms with E-state index in [4.69, 9.17) is 19.7 Å². The number of hydrogen-bond donors (Lipinski definition) is 1. The zero-order valence-electron chi connectivity index (χ0n) is 20.4. The summed E-state index contributed by atoms with van der Waals surface area (Å²) in [6.45, 7) is 3.16. The lowest BCUT2D eigenvalue weighted by atomic mass is 9.82. The van der Waals surface area contributed by atoms with Crippen LogP contribution in [0.4, 0.5) is 4.39 Å². The smallest absolute Gasteiger partial charge is 0.329 e. The second kappa shape index (κ2) is 11.5. The molecule has 0 atom stereocenters. The Labute approximate surface area is 205 Å². The van der Waals surface area contributed by atoms with Crippen molar-refractivity contribution in [1.29, 1.82) is 0 Å². The van der Waals surface area contributed by atoms with Gasteiger partial charge in [0.25, 0.3) is 0 Å². The van der Waals surface area contributed by atoms with Crippen molar-refractivity contribution < 1.29 is 23.8 Å². The molecule has 0 spiro atoms. The first kappa shape index (κ1) is 24.9. The van der Waals surface area contributed by atoms with Crippen LogP contribution in [0.5, 0.6) is 5.75 Å². The lowest BCUT2D eigenvalue weighted by Gasteiger charge is -2.28. The van der Waals surface area contributed by atoms with Crippen molar-refractivity contribution in [2.24, 2.45) is 11.8 Å². The van der Waals surface area contributed by atoms with Crippen molar-refractivity contribution in [3.8, 4) is 28.1 Å². The van der Waals surface area contributed by atoms with E-state index < -0.39 is 5.97 Å². The van der Waals surface area contributed by atoms with Gasteiger partial charge < -0.3 is 14.6 Å². The maximum Gasteiger partial charge on any atom is 0.329 e. The van der Waals surface area contributed by atoms with E-state index in [1.165, 1.54) is 13.2 Å². The summed E-state index contributed by atoms with van der Waals surface area (Å²) >= 11 is 0. The second-order valence-electron chi connectivity index (χ2n) is 9.21. The number of carboxylic acid groups (broad SMARTS) is 1. The average Bonchev–Trinajstić information content (AvgIpc) is 3.23. The van der Waals surface area contributed by atoms with Gasteiger partial charge in [0.05, 0.1) is 13.7 Å². The number of benzene rings is 2. The summed E-state index contributed by atoms with van der Waals surface area (Å²) in [5, 5.41) is 13.7. The summed E-state index contributed by atoms with van der Waals surface area (Å²) in [6, 6.07) is 15.0. The third-order valence-electron chi connectivity index (χ3n) is 6.86. The van der Waals surface area contributed by atoms with Gasteiger partial charge in [-0.15, -0.1) is 0 Å². The van der Waals surface area contributed by atoms with E-state index in [0.717, 1.165) is 55.5 Å². The average molecular weight is 481 g/mol. The number of rotatable bonds is 10. The molecule has 2 aromatic carbocycles. The molecule has 1 N–H and O–H groups in total. The van der Waals surface area contributed by atoms with Crippen molar-refractivity contribution in [3.05, 3.63) is 60.0 Å². The molecular weight excluding hydrogens is 447 g/mol. The van der Waals surface area contributed by atoms with Crippen LogP contribution in [0.2, 0.25) is 0 Å². The lowest BCUT2D eigenvalue weighted by Crippen LogP contribution is -2.23. The van der Waals surface area contributed by atoms with Crippen LogP contribution < -0.4 is 4.74 Å². The summed E-state index contributed by atoms with van der Waals surface area (Å²) in [5.74, 6) is 0.0658. The molecule has 35 heavy (non-hydrogen) atoms. The molecule has 0 aliphatic heterocycles. The Balaban J connectivity index is 1.60. The fourth-order valence-corrected chi connectivity index (χ4v) is 5.06. The summed E-state index contributed by atoms with van der Waals surface area (Å²) in [5.41, 5.74) is 4.24. The molecule has 0 unspecified atom stereocenters. The van der Waals surface area contributed by atoms with E-state index in [-0.39, 0.29) is 12.4 Å². The minimum atomic E-state index is -0.928. The van der Waals surface area contributed by atoms with Crippen molar-refractivity contribution in [3.63, 3.8) is 0 Å². The molecule has 1 aliphatic rings. The predicted molar refractivity (Wildman–Crippen MR) is 133 cm³/mol. The molecule has 6 nitrogen and oxygen atoms in total. The largest absolute Gasteiger partial charge is 0.497 e. The minimum Gasteiger partial charge on any atom is -0.497 e. The van der Waals surface area contributed by atoms with E-state index in [0.29, 0.717) is 35.4 Å². The number of carboxylic acids is 1. The van der Waals surface area contributed by atoms with E-state index >= 15 is 4.39 Å². The van der Waals surface area contributed by atoms with Gasteiger partial charge in [-0.25, -0.2) is 9.18 Å². The first-order valence-corrected chi connectivity index (χ1v) is 12.3. The molecule has 1 aliphatic carbocycles. The highest BCUT2D eigenvalue weighted by atomic mass is 19.1. The topological polar surface area (TPSA) is 73.6 Å². The van der Waals surface area contributed by atoms with Gasteiger partial charge in [-0.05, 0) is 61.6 Å². The maximum atomic E-state index is 15.1. The third kappa shape index (κ3) is 5.90. The molecular formula is C28H33FN2O4. The lowest BCUT2D eigenvalue weighted by molar-refractivity contribution is -0.142. The molecule has 1 aromatic heterocycles. The van der Waals surface area contributed by atoms with Crippen molar-refractivity contribution in [2.75, 3.05) is 20.3 Å². The number of hydrogen-bond acceptors (Lipinski definition) is 4. The Morgan fingerprint density at radius 2 is 1.83 bits per heavy atom. The fraction of sp³-hybridized carbons (Fsp3) is 0.429.